The number of hydrogen-bond acceptors (Lipinski definition) is 1. The molecule has 0 bridgehead atoms. The molecule has 1 heteroatoms. The summed E-state index contributed by atoms with van der Waals surface area (Å²) in [4.78, 5) is 0. The summed E-state index contributed by atoms with van der Waals surface area (Å²) >= 11 is 0. The van der Waals surface area contributed by atoms with Gasteiger partial charge in [0.05, 0.1) is 0 Å². The molecule has 2 aromatic rings. The Labute approximate surface area is 104 Å². The van der Waals surface area contributed by atoms with Gasteiger partial charge in [0.15, 0.2) is 0 Å². The van der Waals surface area contributed by atoms with Crippen LogP contribution in [0.25, 0.3) is 10.8 Å². The maximum Gasteiger partial charge on any atom is -0.00773 e. The topological polar surface area (TPSA) is 26.0 Å². The monoisotopic (exact) mass is 227 g/mol. The molecule has 0 aliphatic rings. The van der Waals surface area contributed by atoms with Crippen molar-refractivity contribution in [3.05, 3.63) is 48.0 Å². The summed E-state index contributed by atoms with van der Waals surface area (Å²) in [6.45, 7) is 0.829. The lowest BCUT2D eigenvalue weighted by molar-refractivity contribution is 0.647. The number of nitrogens with two attached hydrogens (primary N) is 1. The molecule has 2 N–H and O–H groups in total. The van der Waals surface area contributed by atoms with Crippen molar-refractivity contribution in [2.24, 2.45) is 5.73 Å². The Kier molecular flexibility index (Phi) is 4.57. The van der Waals surface area contributed by atoms with Crippen molar-refractivity contribution in [3.8, 4) is 0 Å². The summed E-state index contributed by atoms with van der Waals surface area (Å²) in [6, 6.07) is 15.4. The number of aryl methyl sites for hydroxylation is 1. The van der Waals surface area contributed by atoms with Crippen molar-refractivity contribution in [2.75, 3.05) is 6.54 Å². The first-order chi connectivity index (χ1) is 8.40. The molecule has 0 heterocycles. The molecule has 0 aliphatic carbocycles. The molecule has 17 heavy (non-hydrogen) atoms. The van der Waals surface area contributed by atoms with Gasteiger partial charge in [-0.2, -0.15) is 0 Å². The third kappa shape index (κ3) is 3.57. The summed E-state index contributed by atoms with van der Waals surface area (Å²) in [7, 11) is 0. The second-order valence-corrected chi connectivity index (χ2v) is 4.63. The Bertz CT molecular complexity index is 462. The van der Waals surface area contributed by atoms with E-state index in [2.05, 4.69) is 42.5 Å². The second-order valence-electron chi connectivity index (χ2n) is 4.63. The highest BCUT2D eigenvalue weighted by molar-refractivity contribution is 5.82. The number of hydrogen-bond donors (Lipinski definition) is 1. The number of unbranched alkanes of at least 4 members (excludes halogenated alkanes) is 3. The quantitative estimate of drug-likeness (QED) is 0.744. The van der Waals surface area contributed by atoms with E-state index in [1.165, 1.54) is 42.0 Å². The minimum Gasteiger partial charge on any atom is -0.330 e. The van der Waals surface area contributed by atoms with Gasteiger partial charge in [-0.15, -0.1) is 0 Å². The molecule has 0 unspecified atom stereocenters. The van der Waals surface area contributed by atoms with Crippen molar-refractivity contribution in [1.82, 2.24) is 0 Å². The average molecular weight is 227 g/mol. The van der Waals surface area contributed by atoms with Gasteiger partial charge < -0.3 is 5.73 Å². The normalized spacial score (nSPS) is 10.9. The molecule has 2 rings (SSSR count). The zero-order valence-electron chi connectivity index (χ0n) is 10.4. The van der Waals surface area contributed by atoms with E-state index in [1.54, 1.807) is 0 Å². The highest BCUT2D eigenvalue weighted by Crippen LogP contribution is 2.17. The molecule has 2 aromatic carbocycles. The van der Waals surface area contributed by atoms with Crippen molar-refractivity contribution in [3.63, 3.8) is 0 Å². The molecule has 0 aliphatic heterocycles. The van der Waals surface area contributed by atoms with E-state index in [0.717, 1.165) is 13.0 Å². The van der Waals surface area contributed by atoms with Crippen LogP contribution in [-0.2, 0) is 6.42 Å². The Hall–Kier alpha value is -1.34. The van der Waals surface area contributed by atoms with Crippen LogP contribution in [0.15, 0.2) is 42.5 Å². The molecular weight excluding hydrogens is 206 g/mol. The lowest BCUT2D eigenvalue weighted by Gasteiger charge is -2.04. The van der Waals surface area contributed by atoms with Crippen molar-refractivity contribution in [1.29, 1.82) is 0 Å². The van der Waals surface area contributed by atoms with Crippen LogP contribution in [0.4, 0.5) is 0 Å². The maximum atomic E-state index is 5.48. The highest BCUT2D eigenvalue weighted by Gasteiger charge is 1.96. The maximum absolute atomic E-state index is 5.48. The van der Waals surface area contributed by atoms with Gasteiger partial charge in [0.25, 0.3) is 0 Å². The third-order valence-electron chi connectivity index (χ3n) is 3.23. The summed E-state index contributed by atoms with van der Waals surface area (Å²) in [6.07, 6.45) is 6.19. The zero-order chi connectivity index (χ0) is 11.9. The Balaban J connectivity index is 1.90. The molecule has 90 valence electrons. The molecular formula is C16H21N. The average Bonchev–Trinajstić information content (AvgIpc) is 2.38. The van der Waals surface area contributed by atoms with Crippen LogP contribution in [0, 0.1) is 0 Å². The van der Waals surface area contributed by atoms with Gasteiger partial charge in [0.1, 0.15) is 0 Å². The third-order valence-corrected chi connectivity index (χ3v) is 3.23. The van der Waals surface area contributed by atoms with Crippen molar-refractivity contribution < 1.29 is 0 Å². The summed E-state index contributed by atoms with van der Waals surface area (Å²) in [5, 5.41) is 2.69. The van der Waals surface area contributed by atoms with Crippen LogP contribution in [0.3, 0.4) is 0 Å². The van der Waals surface area contributed by atoms with E-state index < -0.39 is 0 Å². The van der Waals surface area contributed by atoms with Gasteiger partial charge in [-0.05, 0) is 42.1 Å². The molecule has 1 nitrogen and oxygen atoms in total. The molecule has 0 saturated heterocycles. The van der Waals surface area contributed by atoms with E-state index in [-0.39, 0.29) is 0 Å². The van der Waals surface area contributed by atoms with E-state index in [0.29, 0.717) is 0 Å². The first-order valence-corrected chi connectivity index (χ1v) is 6.58. The minimum atomic E-state index is 0.829. The Morgan fingerprint density at radius 1 is 0.765 bits per heavy atom. The van der Waals surface area contributed by atoms with Crippen LogP contribution in [0.5, 0.6) is 0 Å². The van der Waals surface area contributed by atoms with Gasteiger partial charge >= 0.3 is 0 Å². The van der Waals surface area contributed by atoms with Crippen LogP contribution in [-0.4, -0.2) is 6.54 Å². The van der Waals surface area contributed by atoms with Gasteiger partial charge in [0.2, 0.25) is 0 Å². The number of benzene rings is 2. The summed E-state index contributed by atoms with van der Waals surface area (Å²) < 4.78 is 0. The van der Waals surface area contributed by atoms with Gasteiger partial charge in [-0.1, -0.05) is 55.3 Å². The van der Waals surface area contributed by atoms with Crippen molar-refractivity contribution >= 4 is 10.8 Å². The number of rotatable bonds is 6. The fraction of sp³-hybridized carbons (Fsp3) is 0.375. The fourth-order valence-electron chi connectivity index (χ4n) is 2.22. The summed E-state index contributed by atoms with van der Waals surface area (Å²) in [5.74, 6) is 0. The van der Waals surface area contributed by atoms with E-state index in [9.17, 15) is 0 Å². The first-order valence-electron chi connectivity index (χ1n) is 6.58. The molecule has 0 radical (unpaired) electrons. The smallest absolute Gasteiger partial charge is 0.00773 e. The molecule has 0 fully saturated rings. The van der Waals surface area contributed by atoms with E-state index in [1.807, 2.05) is 0 Å². The zero-order valence-corrected chi connectivity index (χ0v) is 10.4. The van der Waals surface area contributed by atoms with E-state index in [4.69, 9.17) is 5.73 Å². The Morgan fingerprint density at radius 3 is 2.35 bits per heavy atom. The van der Waals surface area contributed by atoms with Crippen molar-refractivity contribution in [2.45, 2.75) is 32.1 Å². The van der Waals surface area contributed by atoms with Gasteiger partial charge in [-0.3, -0.25) is 0 Å². The fourth-order valence-corrected chi connectivity index (χ4v) is 2.22. The molecule has 0 spiro atoms. The highest BCUT2D eigenvalue weighted by atomic mass is 14.5. The molecule has 0 atom stereocenters. The molecule has 0 aromatic heterocycles. The predicted octanol–water partition coefficient (Wildman–Crippen LogP) is 3.90. The summed E-state index contributed by atoms with van der Waals surface area (Å²) in [5.41, 5.74) is 6.94. The SMILES string of the molecule is NCCCCCCc1ccc2ccccc2c1. The lowest BCUT2D eigenvalue weighted by atomic mass is 10.0. The van der Waals surface area contributed by atoms with Gasteiger partial charge in [-0.25, -0.2) is 0 Å². The van der Waals surface area contributed by atoms with Crippen LogP contribution < -0.4 is 5.73 Å². The first kappa shape index (κ1) is 12.1. The Morgan fingerprint density at radius 2 is 1.53 bits per heavy atom. The lowest BCUT2D eigenvalue weighted by Crippen LogP contribution is -1.97. The van der Waals surface area contributed by atoms with Crippen LogP contribution >= 0.6 is 0 Å². The second kappa shape index (κ2) is 6.41. The largest absolute Gasteiger partial charge is 0.330 e. The van der Waals surface area contributed by atoms with Crippen LogP contribution in [0.2, 0.25) is 0 Å². The standard InChI is InChI=1S/C16H21N/c17-12-6-2-1-3-7-14-10-11-15-8-4-5-9-16(15)13-14/h4-5,8-11,13H,1-3,6-7,12,17H2. The minimum absolute atomic E-state index is 0.829. The van der Waals surface area contributed by atoms with E-state index >= 15 is 0 Å². The molecule has 0 saturated carbocycles. The molecule has 0 amide bonds. The van der Waals surface area contributed by atoms with Gasteiger partial charge in [0, 0.05) is 0 Å². The predicted molar refractivity (Wildman–Crippen MR) is 75.2 cm³/mol. The van der Waals surface area contributed by atoms with Crippen LogP contribution in [0.1, 0.15) is 31.2 Å². The number of fused-ring (bicyclic) bond motifs is 1.